The largest absolute Gasteiger partial charge is 0.449 e. The molecule has 0 aliphatic heterocycles. The van der Waals surface area contributed by atoms with Gasteiger partial charge in [-0.2, -0.15) is 0 Å². The molecule has 4 N–H and O–H groups in total. The number of carbonyl (C=O) groups is 2. The number of hydrogen-bond acceptors (Lipinski definition) is 6. The topological polar surface area (TPSA) is 105 Å². The highest BCUT2D eigenvalue weighted by Crippen LogP contribution is 2.38. The van der Waals surface area contributed by atoms with Crippen LogP contribution >= 0.6 is 0 Å². The van der Waals surface area contributed by atoms with Crippen molar-refractivity contribution in [2.45, 2.75) is 37.1 Å². The first kappa shape index (κ1) is 28.5. The maximum atomic E-state index is 13.1. The van der Waals surface area contributed by atoms with Crippen molar-refractivity contribution in [3.05, 3.63) is 156 Å². The van der Waals surface area contributed by atoms with E-state index < -0.39 is 35.2 Å². The normalized spacial score (nSPS) is 15.8. The van der Waals surface area contributed by atoms with Crippen LogP contribution in [0.3, 0.4) is 0 Å². The van der Waals surface area contributed by atoms with Crippen molar-refractivity contribution in [3.8, 4) is 0 Å². The zero-order chi connectivity index (χ0) is 28.6. The van der Waals surface area contributed by atoms with E-state index >= 15 is 0 Å². The highest BCUT2D eigenvalue weighted by molar-refractivity contribution is 5.92. The molecule has 4 rings (SSSR count). The second-order valence-corrected chi connectivity index (χ2v) is 9.90. The summed E-state index contributed by atoms with van der Waals surface area (Å²) in [5.74, 6) is -1.47. The molecule has 4 aromatic carbocycles. The number of nitrogens with two attached hydrogens (primary N) is 2. The van der Waals surface area contributed by atoms with E-state index in [1.165, 1.54) is 0 Å². The van der Waals surface area contributed by atoms with Crippen molar-refractivity contribution in [2.24, 2.45) is 11.5 Å². The van der Waals surface area contributed by atoms with E-state index in [9.17, 15) is 9.59 Å². The number of carbonyl (C=O) groups excluding carboxylic acids is 2. The molecule has 0 amide bonds. The zero-order valence-corrected chi connectivity index (χ0v) is 22.6. The van der Waals surface area contributed by atoms with Gasteiger partial charge in [0.1, 0.15) is 0 Å². The number of ether oxygens (including phenoxy) is 2. The number of rotatable bonds is 10. The summed E-state index contributed by atoms with van der Waals surface area (Å²) < 4.78 is 11.9. The first-order valence-corrected chi connectivity index (χ1v) is 13.1. The van der Waals surface area contributed by atoms with Gasteiger partial charge in [-0.15, -0.1) is 0 Å². The second kappa shape index (κ2) is 12.6. The standard InChI is InChI=1S/C34H34N2O4/c1-33(27-19-11-5-12-20-27,31(35)25-15-7-3-8-16-25)39-29(37)23-24-30(38)40-34(2,28-21-13-6-14-22-28)32(36)26-17-9-4-10-18-26/h3-24,31-32H,35-36H2,1-2H3/b24-23-. The molecular formula is C34H34N2O4. The van der Waals surface area contributed by atoms with Crippen molar-refractivity contribution in [2.75, 3.05) is 0 Å². The van der Waals surface area contributed by atoms with Crippen LogP contribution in [-0.2, 0) is 30.3 Å². The molecule has 0 spiro atoms. The Hall–Kier alpha value is -4.52. The van der Waals surface area contributed by atoms with Crippen LogP contribution in [0.4, 0.5) is 0 Å². The number of benzene rings is 4. The predicted octanol–water partition coefficient (Wildman–Crippen LogP) is 5.86. The summed E-state index contributed by atoms with van der Waals surface area (Å²) >= 11 is 0. The van der Waals surface area contributed by atoms with Crippen LogP contribution in [-0.4, -0.2) is 11.9 Å². The van der Waals surface area contributed by atoms with Gasteiger partial charge in [-0.05, 0) is 36.1 Å². The van der Waals surface area contributed by atoms with Crippen LogP contribution in [0, 0.1) is 0 Å². The van der Waals surface area contributed by atoms with Gasteiger partial charge in [0.15, 0.2) is 11.2 Å². The van der Waals surface area contributed by atoms with Crippen molar-refractivity contribution in [3.63, 3.8) is 0 Å². The molecule has 0 saturated carbocycles. The summed E-state index contributed by atoms with van der Waals surface area (Å²) in [5.41, 5.74) is 13.9. The smallest absolute Gasteiger partial charge is 0.331 e. The average molecular weight is 535 g/mol. The molecule has 0 aromatic heterocycles. The van der Waals surface area contributed by atoms with Crippen molar-refractivity contribution in [1.29, 1.82) is 0 Å². The quantitative estimate of drug-likeness (QED) is 0.195. The van der Waals surface area contributed by atoms with Crippen LogP contribution in [0.5, 0.6) is 0 Å². The number of esters is 2. The van der Waals surface area contributed by atoms with E-state index in [4.69, 9.17) is 20.9 Å². The Kier molecular flexibility index (Phi) is 8.94. The Bertz CT molecular complexity index is 1320. The van der Waals surface area contributed by atoms with Gasteiger partial charge in [0.25, 0.3) is 0 Å². The third-order valence-electron chi connectivity index (χ3n) is 7.18. The third-order valence-corrected chi connectivity index (χ3v) is 7.18. The molecule has 4 unspecified atom stereocenters. The van der Waals surface area contributed by atoms with Gasteiger partial charge >= 0.3 is 11.9 Å². The molecule has 4 aromatic rings. The van der Waals surface area contributed by atoms with Gasteiger partial charge in [-0.1, -0.05) is 121 Å². The maximum Gasteiger partial charge on any atom is 0.331 e. The van der Waals surface area contributed by atoms with Crippen LogP contribution in [0.25, 0.3) is 0 Å². The molecule has 0 fully saturated rings. The lowest BCUT2D eigenvalue weighted by atomic mass is 9.84. The minimum atomic E-state index is -1.21. The third kappa shape index (κ3) is 6.37. The highest BCUT2D eigenvalue weighted by Gasteiger charge is 2.40. The summed E-state index contributed by atoms with van der Waals surface area (Å²) in [5, 5.41) is 0. The van der Waals surface area contributed by atoms with Gasteiger partial charge in [-0.3, -0.25) is 0 Å². The molecule has 40 heavy (non-hydrogen) atoms. The molecule has 0 saturated heterocycles. The van der Waals surface area contributed by atoms with Crippen molar-refractivity contribution in [1.82, 2.24) is 0 Å². The van der Waals surface area contributed by atoms with Gasteiger partial charge in [0.05, 0.1) is 12.1 Å². The minimum absolute atomic E-state index is 0.661. The van der Waals surface area contributed by atoms with E-state index in [0.29, 0.717) is 0 Å². The Morgan fingerprint density at radius 2 is 0.825 bits per heavy atom. The van der Waals surface area contributed by atoms with Gasteiger partial charge < -0.3 is 20.9 Å². The first-order valence-electron chi connectivity index (χ1n) is 13.1. The predicted molar refractivity (Wildman–Crippen MR) is 156 cm³/mol. The van der Waals surface area contributed by atoms with Crippen LogP contribution in [0.2, 0.25) is 0 Å². The van der Waals surface area contributed by atoms with Gasteiger partial charge in [0.2, 0.25) is 0 Å². The highest BCUT2D eigenvalue weighted by atomic mass is 16.6. The monoisotopic (exact) mass is 534 g/mol. The molecule has 0 aliphatic rings. The number of hydrogen-bond donors (Lipinski definition) is 2. The SMILES string of the molecule is CC(OC(=O)/C=C\C(=O)OC(C)(c1ccccc1)C(N)c1ccccc1)(c1ccccc1)C(N)c1ccccc1. The Morgan fingerprint density at radius 3 is 1.12 bits per heavy atom. The van der Waals surface area contributed by atoms with Crippen molar-refractivity contribution >= 4 is 11.9 Å². The fraction of sp³-hybridized carbons (Fsp3) is 0.176. The molecule has 6 heteroatoms. The summed E-state index contributed by atoms with van der Waals surface area (Å²) in [6.07, 6.45) is 2.11. The molecule has 0 heterocycles. The summed E-state index contributed by atoms with van der Waals surface area (Å²) in [4.78, 5) is 26.1. The van der Waals surface area contributed by atoms with Crippen LogP contribution in [0.15, 0.2) is 133 Å². The maximum absolute atomic E-state index is 13.1. The molecular weight excluding hydrogens is 500 g/mol. The van der Waals surface area contributed by atoms with Gasteiger partial charge in [0, 0.05) is 12.2 Å². The molecule has 4 atom stereocenters. The van der Waals surface area contributed by atoms with E-state index in [1.54, 1.807) is 13.8 Å². The molecule has 6 nitrogen and oxygen atoms in total. The summed E-state index contributed by atoms with van der Waals surface area (Å²) in [6, 6.07) is 36.1. The van der Waals surface area contributed by atoms with Crippen LogP contribution in [0.1, 0.15) is 48.2 Å². The molecule has 0 aliphatic carbocycles. The molecule has 0 bridgehead atoms. The van der Waals surface area contributed by atoms with E-state index in [1.807, 2.05) is 121 Å². The first-order chi connectivity index (χ1) is 19.2. The second-order valence-electron chi connectivity index (χ2n) is 9.90. The Labute approximate surface area is 235 Å². The Balaban J connectivity index is 1.56. The lowest BCUT2D eigenvalue weighted by Gasteiger charge is -2.36. The van der Waals surface area contributed by atoms with Gasteiger partial charge in [-0.25, -0.2) is 9.59 Å². The zero-order valence-electron chi connectivity index (χ0n) is 22.6. The molecule has 204 valence electrons. The van der Waals surface area contributed by atoms with E-state index in [-0.39, 0.29) is 0 Å². The Morgan fingerprint density at radius 1 is 0.550 bits per heavy atom. The fourth-order valence-corrected chi connectivity index (χ4v) is 4.72. The van der Waals surface area contributed by atoms with Crippen LogP contribution < -0.4 is 11.5 Å². The van der Waals surface area contributed by atoms with E-state index in [2.05, 4.69) is 0 Å². The minimum Gasteiger partial charge on any atom is -0.449 e. The lowest BCUT2D eigenvalue weighted by molar-refractivity contribution is -0.158. The van der Waals surface area contributed by atoms with E-state index in [0.717, 1.165) is 34.4 Å². The summed E-state index contributed by atoms with van der Waals surface area (Å²) in [7, 11) is 0. The summed E-state index contributed by atoms with van der Waals surface area (Å²) in [6.45, 7) is 3.52. The molecule has 0 radical (unpaired) electrons. The van der Waals surface area contributed by atoms with Crippen molar-refractivity contribution < 1.29 is 19.1 Å². The fourth-order valence-electron chi connectivity index (χ4n) is 4.72. The lowest BCUT2D eigenvalue weighted by Crippen LogP contribution is -2.40. The average Bonchev–Trinajstić information content (AvgIpc) is 3.01.